The van der Waals surface area contributed by atoms with Gasteiger partial charge in [-0.25, -0.2) is 4.79 Å². The Morgan fingerprint density at radius 2 is 1.60 bits per heavy atom. The van der Waals surface area contributed by atoms with Crippen LogP contribution in [0.15, 0.2) is 47.8 Å². The molecule has 0 aliphatic carbocycles. The van der Waals surface area contributed by atoms with Crippen LogP contribution in [0.2, 0.25) is 0 Å². The van der Waals surface area contributed by atoms with E-state index in [1.165, 1.54) is 25.6 Å². The average molecular weight is 426 g/mol. The van der Waals surface area contributed by atoms with Gasteiger partial charge >= 0.3 is 5.97 Å². The zero-order valence-electron chi connectivity index (χ0n) is 17.3. The van der Waals surface area contributed by atoms with Crippen LogP contribution in [0.4, 0.5) is 5.00 Å². The topological polar surface area (TPSA) is 73.9 Å². The van der Waals surface area contributed by atoms with Crippen molar-refractivity contribution in [2.24, 2.45) is 0 Å². The van der Waals surface area contributed by atoms with Gasteiger partial charge in [-0.1, -0.05) is 35.9 Å². The monoisotopic (exact) mass is 425 g/mol. The Labute approximate surface area is 179 Å². The number of rotatable bonds is 7. The number of anilines is 1. The number of hydrogen-bond acceptors (Lipinski definition) is 6. The smallest absolute Gasteiger partial charge is 0.341 e. The van der Waals surface area contributed by atoms with Gasteiger partial charge in [0.25, 0.3) is 5.91 Å². The number of benzene rings is 2. The van der Waals surface area contributed by atoms with Crippen LogP contribution in [0.5, 0.6) is 11.5 Å². The first kappa shape index (κ1) is 21.4. The summed E-state index contributed by atoms with van der Waals surface area (Å²) in [4.78, 5) is 25.8. The van der Waals surface area contributed by atoms with Crippen molar-refractivity contribution in [3.63, 3.8) is 0 Å². The first-order valence-electron chi connectivity index (χ1n) is 9.38. The Hall–Kier alpha value is -3.32. The number of amides is 1. The van der Waals surface area contributed by atoms with E-state index in [0.717, 1.165) is 11.1 Å². The van der Waals surface area contributed by atoms with E-state index in [4.69, 9.17) is 14.2 Å². The number of carbonyl (C=O) groups excluding carboxylic acids is 2. The molecular weight excluding hydrogens is 402 g/mol. The van der Waals surface area contributed by atoms with Crippen molar-refractivity contribution in [2.75, 3.05) is 26.1 Å². The molecule has 2 aromatic carbocycles. The zero-order valence-corrected chi connectivity index (χ0v) is 18.1. The molecular formula is C23H23NO5S. The van der Waals surface area contributed by atoms with Gasteiger partial charge in [-0.15, -0.1) is 11.3 Å². The van der Waals surface area contributed by atoms with E-state index in [1.54, 1.807) is 25.1 Å². The van der Waals surface area contributed by atoms with Gasteiger partial charge in [-0.2, -0.15) is 0 Å². The molecule has 0 atom stereocenters. The molecule has 0 spiro atoms. The fourth-order valence-corrected chi connectivity index (χ4v) is 3.99. The highest BCUT2D eigenvalue weighted by Crippen LogP contribution is 2.37. The molecule has 156 valence electrons. The molecule has 0 aliphatic rings. The third kappa shape index (κ3) is 4.31. The summed E-state index contributed by atoms with van der Waals surface area (Å²) in [6.45, 7) is 3.97. The van der Waals surface area contributed by atoms with Crippen LogP contribution in [-0.4, -0.2) is 32.7 Å². The van der Waals surface area contributed by atoms with Crippen molar-refractivity contribution in [1.82, 2.24) is 0 Å². The molecule has 30 heavy (non-hydrogen) atoms. The van der Waals surface area contributed by atoms with Crippen LogP contribution < -0.4 is 14.8 Å². The van der Waals surface area contributed by atoms with Crippen LogP contribution in [0.3, 0.4) is 0 Å². The lowest BCUT2D eigenvalue weighted by Crippen LogP contribution is -2.16. The molecule has 0 aliphatic heterocycles. The van der Waals surface area contributed by atoms with Gasteiger partial charge in [-0.3, -0.25) is 4.79 Å². The first-order valence-corrected chi connectivity index (χ1v) is 10.3. The van der Waals surface area contributed by atoms with Gasteiger partial charge in [0.1, 0.15) is 27.6 Å². The number of ether oxygens (including phenoxy) is 3. The highest BCUT2D eigenvalue weighted by molar-refractivity contribution is 7.15. The quantitative estimate of drug-likeness (QED) is 0.529. The molecule has 0 unspecified atom stereocenters. The molecule has 1 aromatic heterocycles. The summed E-state index contributed by atoms with van der Waals surface area (Å²) in [6, 6.07) is 12.9. The average Bonchev–Trinajstić information content (AvgIpc) is 3.17. The predicted molar refractivity (Wildman–Crippen MR) is 118 cm³/mol. The van der Waals surface area contributed by atoms with Crippen LogP contribution >= 0.6 is 11.3 Å². The highest BCUT2D eigenvalue weighted by atomic mass is 32.1. The van der Waals surface area contributed by atoms with E-state index in [1.807, 2.05) is 36.6 Å². The second-order valence-corrected chi connectivity index (χ2v) is 7.31. The summed E-state index contributed by atoms with van der Waals surface area (Å²) in [5.41, 5.74) is 3.27. The minimum Gasteiger partial charge on any atom is -0.496 e. The predicted octanol–water partition coefficient (Wildman–Crippen LogP) is 5.17. The maximum absolute atomic E-state index is 13.1. The molecule has 0 saturated heterocycles. The fraction of sp³-hybridized carbons (Fsp3) is 0.217. The van der Waals surface area contributed by atoms with Gasteiger partial charge in [0.15, 0.2) is 0 Å². The molecule has 6 nitrogen and oxygen atoms in total. The number of esters is 1. The van der Waals surface area contributed by atoms with E-state index in [-0.39, 0.29) is 12.2 Å². The lowest BCUT2D eigenvalue weighted by molar-refractivity contribution is 0.0529. The lowest BCUT2D eigenvalue weighted by Gasteiger charge is -2.13. The molecule has 7 heteroatoms. The Balaban J connectivity index is 2.04. The summed E-state index contributed by atoms with van der Waals surface area (Å²) in [5, 5.41) is 5.08. The summed E-state index contributed by atoms with van der Waals surface area (Å²) in [6.07, 6.45) is 0. The summed E-state index contributed by atoms with van der Waals surface area (Å²) in [7, 11) is 2.96. The molecule has 0 saturated carbocycles. The summed E-state index contributed by atoms with van der Waals surface area (Å²) >= 11 is 1.26. The number of thiophene rings is 1. The van der Waals surface area contributed by atoms with Gasteiger partial charge < -0.3 is 19.5 Å². The third-order valence-electron chi connectivity index (χ3n) is 4.52. The SMILES string of the molecule is CCOC(=O)c1c(-c2ccc(C)cc2)csc1NC(=O)c1c(OC)cccc1OC. The highest BCUT2D eigenvalue weighted by Gasteiger charge is 2.25. The zero-order chi connectivity index (χ0) is 21.7. The summed E-state index contributed by atoms with van der Waals surface area (Å²) in [5.74, 6) is -0.177. The van der Waals surface area contributed by atoms with Gasteiger partial charge in [0, 0.05) is 10.9 Å². The normalized spacial score (nSPS) is 10.4. The van der Waals surface area contributed by atoms with E-state index in [2.05, 4.69) is 5.32 Å². The van der Waals surface area contributed by atoms with Crippen molar-refractivity contribution in [2.45, 2.75) is 13.8 Å². The third-order valence-corrected chi connectivity index (χ3v) is 5.41. The van der Waals surface area contributed by atoms with Crippen molar-refractivity contribution >= 4 is 28.2 Å². The van der Waals surface area contributed by atoms with E-state index in [0.29, 0.717) is 27.6 Å². The van der Waals surface area contributed by atoms with Gasteiger partial charge in [-0.05, 0) is 31.5 Å². The first-order chi connectivity index (χ1) is 14.5. The van der Waals surface area contributed by atoms with E-state index < -0.39 is 11.9 Å². The number of hydrogen-bond donors (Lipinski definition) is 1. The van der Waals surface area contributed by atoms with Crippen molar-refractivity contribution < 1.29 is 23.8 Å². The number of aryl methyl sites for hydroxylation is 1. The van der Waals surface area contributed by atoms with Crippen LogP contribution in [0.1, 0.15) is 33.2 Å². The Bertz CT molecular complexity index is 1030. The fourth-order valence-electron chi connectivity index (χ4n) is 3.04. The summed E-state index contributed by atoms with van der Waals surface area (Å²) < 4.78 is 15.9. The number of methoxy groups -OCH3 is 2. The van der Waals surface area contributed by atoms with E-state index >= 15 is 0 Å². The molecule has 1 amide bonds. The maximum atomic E-state index is 13.1. The van der Waals surface area contributed by atoms with Crippen molar-refractivity contribution in [1.29, 1.82) is 0 Å². The molecule has 1 heterocycles. The second-order valence-electron chi connectivity index (χ2n) is 6.43. The minimum absolute atomic E-state index is 0.232. The van der Waals surface area contributed by atoms with Crippen LogP contribution in [0, 0.1) is 6.92 Å². The van der Waals surface area contributed by atoms with Crippen LogP contribution in [-0.2, 0) is 4.74 Å². The Morgan fingerprint density at radius 3 is 2.17 bits per heavy atom. The second kappa shape index (κ2) is 9.45. The van der Waals surface area contributed by atoms with Crippen molar-refractivity contribution in [3.8, 4) is 22.6 Å². The Kier molecular flexibility index (Phi) is 6.74. The molecule has 0 fully saturated rings. The maximum Gasteiger partial charge on any atom is 0.341 e. The number of carbonyl (C=O) groups is 2. The molecule has 3 aromatic rings. The lowest BCUT2D eigenvalue weighted by atomic mass is 10.0. The molecule has 3 rings (SSSR count). The minimum atomic E-state index is -0.489. The van der Waals surface area contributed by atoms with Gasteiger partial charge in [0.05, 0.1) is 20.8 Å². The molecule has 0 bridgehead atoms. The van der Waals surface area contributed by atoms with Gasteiger partial charge in [0.2, 0.25) is 0 Å². The number of nitrogens with one attached hydrogen (secondary N) is 1. The molecule has 0 radical (unpaired) electrons. The van der Waals surface area contributed by atoms with Crippen molar-refractivity contribution in [3.05, 3.63) is 64.5 Å². The largest absolute Gasteiger partial charge is 0.496 e. The van der Waals surface area contributed by atoms with Crippen LogP contribution in [0.25, 0.3) is 11.1 Å². The standard InChI is InChI=1S/C23H23NO5S/c1-5-29-23(26)19-16(15-11-9-14(2)10-12-15)13-30-22(19)24-21(25)20-17(27-3)7-6-8-18(20)28-4/h6-13H,5H2,1-4H3,(H,24,25). The Morgan fingerprint density at radius 1 is 0.967 bits per heavy atom. The van der Waals surface area contributed by atoms with E-state index in [9.17, 15) is 9.59 Å². The molecule has 1 N–H and O–H groups in total.